The van der Waals surface area contributed by atoms with E-state index >= 15 is 0 Å². The molecule has 4 nitrogen and oxygen atoms in total. The van der Waals surface area contributed by atoms with Crippen molar-refractivity contribution >= 4 is 0 Å². The molecule has 2 aromatic rings. The van der Waals surface area contributed by atoms with Gasteiger partial charge in [-0.05, 0) is 19.9 Å². The molecule has 0 aliphatic rings. The van der Waals surface area contributed by atoms with Crippen LogP contribution in [0.2, 0.25) is 0 Å². The molecule has 0 aliphatic heterocycles. The molecule has 16 heavy (non-hydrogen) atoms. The Morgan fingerprint density at radius 2 is 2.38 bits per heavy atom. The number of hydrogen-bond acceptors (Lipinski definition) is 3. The summed E-state index contributed by atoms with van der Waals surface area (Å²) in [7, 11) is 0. The lowest BCUT2D eigenvalue weighted by atomic mass is 10.1. The maximum absolute atomic E-state index is 5.07. The van der Waals surface area contributed by atoms with Crippen LogP contribution < -0.4 is 5.32 Å². The van der Waals surface area contributed by atoms with E-state index in [0.29, 0.717) is 12.1 Å². The number of hydrogen-bond donors (Lipinski definition) is 1. The number of nitrogens with zero attached hydrogens (tertiary/aromatic N) is 2. The molecule has 2 aromatic heterocycles. The van der Waals surface area contributed by atoms with Gasteiger partial charge in [-0.3, -0.25) is 0 Å². The topological polar surface area (TPSA) is 43.0 Å². The highest BCUT2D eigenvalue weighted by Crippen LogP contribution is 2.13. The van der Waals surface area contributed by atoms with Crippen molar-refractivity contribution in [2.45, 2.75) is 32.5 Å². The largest absolute Gasteiger partial charge is 0.472 e. The maximum Gasteiger partial charge on any atom is 0.0950 e. The number of furan rings is 1. The molecule has 0 aliphatic carbocycles. The summed E-state index contributed by atoms with van der Waals surface area (Å²) in [6, 6.07) is 2.68. The summed E-state index contributed by atoms with van der Waals surface area (Å²) in [4.78, 5) is 4.02. The van der Waals surface area contributed by atoms with Crippen molar-refractivity contribution in [3.63, 3.8) is 0 Å². The van der Waals surface area contributed by atoms with E-state index in [0.717, 1.165) is 6.54 Å². The fourth-order valence-corrected chi connectivity index (χ4v) is 1.81. The highest BCUT2D eigenvalue weighted by Gasteiger charge is 2.10. The Hall–Kier alpha value is -1.55. The molecule has 0 aromatic carbocycles. The van der Waals surface area contributed by atoms with Gasteiger partial charge >= 0.3 is 0 Å². The summed E-state index contributed by atoms with van der Waals surface area (Å²) < 4.78 is 7.14. The van der Waals surface area contributed by atoms with Gasteiger partial charge in [0, 0.05) is 36.6 Å². The first-order valence-electron chi connectivity index (χ1n) is 5.49. The Morgan fingerprint density at radius 3 is 3.00 bits per heavy atom. The zero-order valence-corrected chi connectivity index (χ0v) is 9.63. The Kier molecular flexibility index (Phi) is 3.41. The van der Waals surface area contributed by atoms with E-state index in [1.807, 2.05) is 18.6 Å². The van der Waals surface area contributed by atoms with E-state index in [2.05, 4.69) is 28.7 Å². The molecule has 2 unspecified atom stereocenters. The summed E-state index contributed by atoms with van der Waals surface area (Å²) in [6.07, 6.45) is 9.09. The van der Waals surface area contributed by atoms with Crippen molar-refractivity contribution < 1.29 is 4.42 Å². The van der Waals surface area contributed by atoms with Gasteiger partial charge in [0.15, 0.2) is 0 Å². The van der Waals surface area contributed by atoms with Gasteiger partial charge < -0.3 is 14.3 Å². The normalized spacial score (nSPS) is 14.9. The van der Waals surface area contributed by atoms with Crippen molar-refractivity contribution in [1.29, 1.82) is 0 Å². The average molecular weight is 219 g/mol. The third kappa shape index (κ3) is 2.73. The van der Waals surface area contributed by atoms with Gasteiger partial charge in [0.2, 0.25) is 0 Å². The van der Waals surface area contributed by atoms with Crippen LogP contribution in [0.25, 0.3) is 0 Å². The molecule has 2 rings (SSSR count). The van der Waals surface area contributed by atoms with Crippen molar-refractivity contribution in [3.05, 3.63) is 42.9 Å². The van der Waals surface area contributed by atoms with E-state index in [1.165, 1.54) is 5.56 Å². The summed E-state index contributed by atoms with van der Waals surface area (Å²) in [5.74, 6) is 0. The highest BCUT2D eigenvalue weighted by molar-refractivity contribution is 5.10. The molecule has 0 spiro atoms. The zero-order valence-electron chi connectivity index (χ0n) is 9.63. The SMILES string of the molecule is CC(Cn1ccnc1)NC(C)c1ccoc1. The van der Waals surface area contributed by atoms with Gasteiger partial charge in [-0.2, -0.15) is 0 Å². The molecule has 86 valence electrons. The second kappa shape index (κ2) is 4.99. The zero-order chi connectivity index (χ0) is 11.4. The standard InChI is InChI=1S/C12H17N3O/c1-10(7-15-5-4-13-9-15)14-11(2)12-3-6-16-8-12/h3-6,8-11,14H,7H2,1-2H3. The van der Waals surface area contributed by atoms with Crippen LogP contribution in [0, 0.1) is 0 Å². The lowest BCUT2D eigenvalue weighted by Gasteiger charge is -2.19. The van der Waals surface area contributed by atoms with E-state index in [9.17, 15) is 0 Å². The van der Waals surface area contributed by atoms with Gasteiger partial charge in [-0.15, -0.1) is 0 Å². The van der Waals surface area contributed by atoms with Crippen LogP contribution in [-0.4, -0.2) is 15.6 Å². The van der Waals surface area contributed by atoms with Gasteiger partial charge in [0.1, 0.15) is 0 Å². The van der Waals surface area contributed by atoms with Gasteiger partial charge in [0.25, 0.3) is 0 Å². The number of aromatic nitrogens is 2. The molecule has 0 saturated carbocycles. The lowest BCUT2D eigenvalue weighted by molar-refractivity contribution is 0.427. The molecule has 0 amide bonds. The minimum absolute atomic E-state index is 0.303. The first kappa shape index (κ1) is 11.0. The van der Waals surface area contributed by atoms with Crippen LogP contribution in [0.1, 0.15) is 25.5 Å². The molecule has 0 radical (unpaired) electrons. The molecule has 0 fully saturated rings. The van der Waals surface area contributed by atoms with E-state index < -0.39 is 0 Å². The number of imidazole rings is 1. The van der Waals surface area contributed by atoms with Crippen LogP contribution in [0.15, 0.2) is 41.7 Å². The number of nitrogens with one attached hydrogen (secondary N) is 1. The van der Waals surface area contributed by atoms with E-state index in [-0.39, 0.29) is 0 Å². The van der Waals surface area contributed by atoms with Crippen LogP contribution in [0.5, 0.6) is 0 Å². The van der Waals surface area contributed by atoms with Gasteiger partial charge in [-0.25, -0.2) is 4.98 Å². The summed E-state index contributed by atoms with van der Waals surface area (Å²) >= 11 is 0. The number of rotatable bonds is 5. The molecule has 0 saturated heterocycles. The summed E-state index contributed by atoms with van der Waals surface area (Å²) in [5.41, 5.74) is 1.18. The molecular formula is C12H17N3O. The first-order valence-corrected chi connectivity index (χ1v) is 5.49. The molecule has 2 heterocycles. The minimum Gasteiger partial charge on any atom is -0.472 e. The second-order valence-electron chi connectivity index (χ2n) is 4.11. The van der Waals surface area contributed by atoms with Crippen LogP contribution in [0.4, 0.5) is 0 Å². The molecule has 4 heteroatoms. The Bertz CT molecular complexity index is 394. The third-order valence-electron chi connectivity index (χ3n) is 2.62. The van der Waals surface area contributed by atoms with Gasteiger partial charge in [0.05, 0.1) is 18.9 Å². The van der Waals surface area contributed by atoms with Gasteiger partial charge in [-0.1, -0.05) is 0 Å². The predicted molar refractivity (Wildman–Crippen MR) is 61.9 cm³/mol. The van der Waals surface area contributed by atoms with Crippen molar-refractivity contribution in [2.24, 2.45) is 0 Å². The Labute approximate surface area is 95.3 Å². The third-order valence-corrected chi connectivity index (χ3v) is 2.62. The molecule has 1 N–H and O–H groups in total. The molecule has 0 bridgehead atoms. The van der Waals surface area contributed by atoms with Crippen molar-refractivity contribution in [3.8, 4) is 0 Å². The second-order valence-corrected chi connectivity index (χ2v) is 4.11. The fourth-order valence-electron chi connectivity index (χ4n) is 1.81. The fraction of sp³-hybridized carbons (Fsp3) is 0.417. The monoisotopic (exact) mass is 219 g/mol. The van der Waals surface area contributed by atoms with Crippen LogP contribution >= 0.6 is 0 Å². The summed E-state index contributed by atoms with van der Waals surface area (Å²) in [6.45, 7) is 5.22. The lowest BCUT2D eigenvalue weighted by Crippen LogP contribution is -2.32. The van der Waals surface area contributed by atoms with Crippen LogP contribution in [0.3, 0.4) is 0 Å². The van der Waals surface area contributed by atoms with Crippen LogP contribution in [-0.2, 0) is 6.54 Å². The highest BCUT2D eigenvalue weighted by atomic mass is 16.3. The first-order chi connectivity index (χ1) is 7.75. The van der Waals surface area contributed by atoms with Crippen molar-refractivity contribution in [2.75, 3.05) is 0 Å². The molecular weight excluding hydrogens is 202 g/mol. The van der Waals surface area contributed by atoms with E-state index in [1.54, 1.807) is 18.7 Å². The Balaban J connectivity index is 1.85. The molecule has 2 atom stereocenters. The quantitative estimate of drug-likeness (QED) is 0.838. The van der Waals surface area contributed by atoms with Crippen molar-refractivity contribution in [1.82, 2.24) is 14.9 Å². The smallest absolute Gasteiger partial charge is 0.0950 e. The maximum atomic E-state index is 5.07. The predicted octanol–water partition coefficient (Wildman–Crippen LogP) is 2.22. The summed E-state index contributed by atoms with van der Waals surface area (Å²) in [5, 5.41) is 3.51. The minimum atomic E-state index is 0.303. The van der Waals surface area contributed by atoms with E-state index in [4.69, 9.17) is 4.42 Å². The average Bonchev–Trinajstić information content (AvgIpc) is 2.88. The Morgan fingerprint density at radius 1 is 1.50 bits per heavy atom.